The molecule has 0 saturated heterocycles. The fraction of sp³-hybridized carbons (Fsp3) is 0.118. The van der Waals surface area contributed by atoms with Crippen molar-refractivity contribution in [1.82, 2.24) is 5.43 Å². The highest BCUT2D eigenvalue weighted by Gasteiger charge is 2.10. The van der Waals surface area contributed by atoms with Crippen molar-refractivity contribution in [2.24, 2.45) is 5.10 Å². The second-order valence-electron chi connectivity index (χ2n) is 5.04. The van der Waals surface area contributed by atoms with E-state index in [9.17, 15) is 14.7 Å². The Morgan fingerprint density at radius 3 is 2.46 bits per heavy atom. The molecule has 0 radical (unpaired) electrons. The van der Waals surface area contributed by atoms with E-state index in [0.717, 1.165) is 4.47 Å². The van der Waals surface area contributed by atoms with Gasteiger partial charge in [-0.1, -0.05) is 28.1 Å². The van der Waals surface area contributed by atoms with E-state index in [4.69, 9.17) is 0 Å². The second kappa shape index (κ2) is 8.26. The molecule has 0 aliphatic carbocycles. The van der Waals surface area contributed by atoms with E-state index in [1.165, 1.54) is 12.1 Å². The first kappa shape index (κ1) is 17.7. The molecule has 3 N–H and O–H groups in total. The molecular formula is C17H16BrN3O3. The Bertz CT molecular complexity index is 773. The van der Waals surface area contributed by atoms with Crippen LogP contribution in [0.4, 0.5) is 5.69 Å². The van der Waals surface area contributed by atoms with Gasteiger partial charge in [0.25, 0.3) is 5.91 Å². The minimum atomic E-state index is -0.541. The molecule has 2 aromatic carbocycles. The number of halogens is 1. The van der Waals surface area contributed by atoms with Crippen LogP contribution in [0, 0.1) is 0 Å². The number of aromatic hydroxyl groups is 1. The molecule has 0 heterocycles. The standard InChI is InChI=1S/C17H16BrN3O3/c1-11(10-16(23)19-13-8-6-12(18)7-9-13)20-21-17(24)14-4-2-3-5-15(14)22/h2-9,22H,10H2,1H3,(H,19,23)(H,21,24)/b20-11+. The van der Waals surface area contributed by atoms with Crippen molar-refractivity contribution in [2.75, 3.05) is 5.32 Å². The smallest absolute Gasteiger partial charge is 0.275 e. The maximum absolute atomic E-state index is 11.9. The summed E-state index contributed by atoms with van der Waals surface area (Å²) in [6.45, 7) is 1.63. The van der Waals surface area contributed by atoms with Gasteiger partial charge in [-0.05, 0) is 43.3 Å². The molecule has 0 aliphatic heterocycles. The summed E-state index contributed by atoms with van der Waals surface area (Å²) >= 11 is 3.32. The van der Waals surface area contributed by atoms with E-state index in [0.29, 0.717) is 11.4 Å². The third-order valence-electron chi connectivity index (χ3n) is 3.04. The highest BCUT2D eigenvalue weighted by Crippen LogP contribution is 2.15. The van der Waals surface area contributed by atoms with E-state index in [1.807, 2.05) is 12.1 Å². The first-order valence-corrected chi connectivity index (χ1v) is 7.92. The van der Waals surface area contributed by atoms with Gasteiger partial charge >= 0.3 is 0 Å². The quantitative estimate of drug-likeness (QED) is 0.541. The van der Waals surface area contributed by atoms with Crippen LogP contribution in [0.3, 0.4) is 0 Å². The predicted octanol–water partition coefficient (Wildman–Crippen LogP) is 3.29. The molecule has 0 spiro atoms. The molecule has 24 heavy (non-hydrogen) atoms. The third-order valence-corrected chi connectivity index (χ3v) is 3.57. The average molecular weight is 390 g/mol. The monoisotopic (exact) mass is 389 g/mol. The van der Waals surface area contributed by atoms with Gasteiger partial charge in [0.2, 0.25) is 5.91 Å². The molecule has 7 heteroatoms. The number of hydrazone groups is 1. The first-order valence-electron chi connectivity index (χ1n) is 7.12. The minimum Gasteiger partial charge on any atom is -0.507 e. The molecule has 2 rings (SSSR count). The van der Waals surface area contributed by atoms with Crippen molar-refractivity contribution in [3.05, 3.63) is 58.6 Å². The van der Waals surface area contributed by atoms with Crippen LogP contribution in [0.1, 0.15) is 23.7 Å². The Morgan fingerprint density at radius 1 is 1.12 bits per heavy atom. The fourth-order valence-electron chi connectivity index (χ4n) is 1.88. The van der Waals surface area contributed by atoms with Crippen molar-refractivity contribution in [3.63, 3.8) is 0 Å². The lowest BCUT2D eigenvalue weighted by Gasteiger charge is -2.06. The Balaban J connectivity index is 1.89. The molecule has 0 fully saturated rings. The van der Waals surface area contributed by atoms with E-state index in [2.05, 4.69) is 31.8 Å². The molecule has 2 amide bonds. The molecule has 0 bridgehead atoms. The zero-order valence-corrected chi connectivity index (χ0v) is 14.5. The third kappa shape index (κ3) is 5.20. The maximum Gasteiger partial charge on any atom is 0.275 e. The van der Waals surface area contributed by atoms with Gasteiger partial charge in [-0.2, -0.15) is 5.10 Å². The van der Waals surface area contributed by atoms with Gasteiger partial charge in [0.15, 0.2) is 0 Å². The lowest BCUT2D eigenvalue weighted by atomic mass is 10.2. The van der Waals surface area contributed by atoms with Crippen LogP contribution in [0.15, 0.2) is 58.1 Å². The lowest BCUT2D eigenvalue weighted by molar-refractivity contribution is -0.115. The van der Waals surface area contributed by atoms with E-state index in [-0.39, 0.29) is 23.6 Å². The Hall–Kier alpha value is -2.67. The zero-order chi connectivity index (χ0) is 17.5. The lowest BCUT2D eigenvalue weighted by Crippen LogP contribution is -2.21. The molecule has 0 atom stereocenters. The number of carbonyl (C=O) groups is 2. The Morgan fingerprint density at radius 2 is 1.79 bits per heavy atom. The molecular weight excluding hydrogens is 374 g/mol. The highest BCUT2D eigenvalue weighted by atomic mass is 79.9. The molecule has 6 nitrogen and oxygen atoms in total. The predicted molar refractivity (Wildman–Crippen MR) is 96.1 cm³/mol. The normalized spacial score (nSPS) is 11.0. The molecule has 0 aromatic heterocycles. The number of rotatable bonds is 5. The van der Waals surface area contributed by atoms with Crippen molar-refractivity contribution in [3.8, 4) is 5.75 Å². The van der Waals surface area contributed by atoms with E-state index in [1.54, 1.807) is 31.2 Å². The zero-order valence-electron chi connectivity index (χ0n) is 12.9. The van der Waals surface area contributed by atoms with Gasteiger partial charge in [-0.15, -0.1) is 0 Å². The van der Waals surface area contributed by atoms with Crippen LogP contribution < -0.4 is 10.7 Å². The average Bonchev–Trinajstić information content (AvgIpc) is 2.55. The van der Waals surface area contributed by atoms with Gasteiger partial charge in [0.1, 0.15) is 5.75 Å². The number of amides is 2. The minimum absolute atomic E-state index is 0.0388. The summed E-state index contributed by atoms with van der Waals surface area (Å²) in [4.78, 5) is 23.8. The maximum atomic E-state index is 11.9. The largest absolute Gasteiger partial charge is 0.507 e. The van der Waals surface area contributed by atoms with Gasteiger partial charge < -0.3 is 10.4 Å². The SMILES string of the molecule is C/C(CC(=O)Nc1ccc(Br)cc1)=N\NC(=O)c1ccccc1O. The second-order valence-corrected chi connectivity index (χ2v) is 5.95. The summed E-state index contributed by atoms with van der Waals surface area (Å²) in [7, 11) is 0. The van der Waals surface area contributed by atoms with Gasteiger partial charge in [0.05, 0.1) is 12.0 Å². The number of hydrogen-bond acceptors (Lipinski definition) is 4. The first-order chi connectivity index (χ1) is 11.5. The van der Waals surface area contributed by atoms with Gasteiger partial charge in [0, 0.05) is 15.9 Å². The summed E-state index contributed by atoms with van der Waals surface area (Å²) < 4.78 is 0.921. The summed E-state index contributed by atoms with van der Waals surface area (Å²) in [5.41, 5.74) is 3.55. The number of phenolic OH excluding ortho intramolecular Hbond substituents is 1. The van der Waals surface area contributed by atoms with Crippen LogP contribution in [-0.2, 0) is 4.79 Å². The topological polar surface area (TPSA) is 90.8 Å². The fourth-order valence-corrected chi connectivity index (χ4v) is 2.15. The van der Waals surface area contributed by atoms with E-state index < -0.39 is 5.91 Å². The highest BCUT2D eigenvalue weighted by molar-refractivity contribution is 9.10. The number of carbonyl (C=O) groups excluding carboxylic acids is 2. The molecule has 0 saturated carbocycles. The van der Waals surface area contributed by atoms with Crippen molar-refractivity contribution in [1.29, 1.82) is 0 Å². The number of nitrogens with zero attached hydrogens (tertiary/aromatic N) is 1. The summed E-state index contributed by atoms with van der Waals surface area (Å²) in [5, 5.41) is 16.2. The summed E-state index contributed by atoms with van der Waals surface area (Å²) in [6.07, 6.45) is 0.0388. The Kier molecular flexibility index (Phi) is 6.08. The molecule has 124 valence electrons. The summed E-state index contributed by atoms with van der Waals surface area (Å²) in [6, 6.07) is 13.3. The molecule has 0 aliphatic rings. The number of hydrogen-bond donors (Lipinski definition) is 3. The van der Waals surface area contributed by atoms with Crippen LogP contribution >= 0.6 is 15.9 Å². The van der Waals surface area contributed by atoms with E-state index >= 15 is 0 Å². The van der Waals surface area contributed by atoms with Crippen LogP contribution in [0.5, 0.6) is 5.75 Å². The van der Waals surface area contributed by atoms with Gasteiger partial charge in [-0.25, -0.2) is 5.43 Å². The van der Waals surface area contributed by atoms with Crippen molar-refractivity contribution < 1.29 is 14.7 Å². The van der Waals surface area contributed by atoms with Crippen molar-refractivity contribution >= 4 is 39.1 Å². The van der Waals surface area contributed by atoms with Crippen LogP contribution in [0.25, 0.3) is 0 Å². The number of benzene rings is 2. The van der Waals surface area contributed by atoms with Crippen LogP contribution in [-0.4, -0.2) is 22.6 Å². The summed E-state index contributed by atoms with van der Waals surface area (Å²) in [5.74, 6) is -0.910. The number of anilines is 1. The number of phenols is 1. The number of nitrogens with one attached hydrogen (secondary N) is 2. The van der Waals surface area contributed by atoms with Crippen molar-refractivity contribution in [2.45, 2.75) is 13.3 Å². The van der Waals surface area contributed by atoms with Crippen LogP contribution in [0.2, 0.25) is 0 Å². The molecule has 2 aromatic rings. The Labute approximate surface area is 147 Å². The number of para-hydroxylation sites is 1. The molecule has 0 unspecified atom stereocenters. The van der Waals surface area contributed by atoms with Gasteiger partial charge in [-0.3, -0.25) is 9.59 Å².